The van der Waals surface area contributed by atoms with Crippen LogP contribution in [0, 0.1) is 11.7 Å². The Morgan fingerprint density at radius 1 is 1.17 bits per heavy atom. The number of nitrogens with one attached hydrogen (secondary N) is 1. The second-order valence-electron chi connectivity index (χ2n) is 6.15. The predicted molar refractivity (Wildman–Crippen MR) is 89.2 cm³/mol. The van der Waals surface area contributed by atoms with E-state index in [9.17, 15) is 14.0 Å². The van der Waals surface area contributed by atoms with Crippen LogP contribution in [0.3, 0.4) is 0 Å². The summed E-state index contributed by atoms with van der Waals surface area (Å²) < 4.78 is 13.0. The Balaban J connectivity index is 2.74. The van der Waals surface area contributed by atoms with Crippen molar-refractivity contribution in [3.63, 3.8) is 0 Å². The molecule has 0 heterocycles. The predicted octanol–water partition coefficient (Wildman–Crippen LogP) is 3.12. The Labute approximate surface area is 138 Å². The van der Waals surface area contributed by atoms with Crippen LogP contribution < -0.4 is 5.32 Å². The van der Waals surface area contributed by atoms with E-state index in [-0.39, 0.29) is 17.6 Å². The molecule has 2 amide bonds. The van der Waals surface area contributed by atoms with Crippen molar-refractivity contribution in [2.24, 2.45) is 5.92 Å². The Morgan fingerprint density at radius 2 is 1.78 bits per heavy atom. The molecule has 0 aliphatic rings. The van der Waals surface area contributed by atoms with E-state index in [1.165, 1.54) is 17.0 Å². The first-order chi connectivity index (χ1) is 10.8. The molecule has 0 bridgehead atoms. The quantitative estimate of drug-likeness (QED) is 0.799. The molecule has 0 saturated heterocycles. The molecule has 1 rings (SSSR count). The Kier molecular flexibility index (Phi) is 7.72. The van der Waals surface area contributed by atoms with Gasteiger partial charge in [0.05, 0.1) is 0 Å². The lowest BCUT2D eigenvalue weighted by Gasteiger charge is -2.28. The first kappa shape index (κ1) is 19.1. The van der Waals surface area contributed by atoms with Crippen LogP contribution >= 0.6 is 0 Å². The molecule has 0 fully saturated rings. The number of halogens is 1. The molecule has 1 N–H and O–H groups in total. The molecular weight excluding hydrogens is 295 g/mol. The number of rotatable bonds is 8. The number of amides is 2. The van der Waals surface area contributed by atoms with E-state index in [0.717, 1.165) is 12.0 Å². The van der Waals surface area contributed by atoms with Crippen LogP contribution in [0.15, 0.2) is 24.3 Å². The van der Waals surface area contributed by atoms with E-state index in [4.69, 9.17) is 0 Å². The van der Waals surface area contributed by atoms with Crippen molar-refractivity contribution < 1.29 is 14.0 Å². The fourth-order valence-electron chi connectivity index (χ4n) is 2.20. The Morgan fingerprint density at radius 3 is 2.30 bits per heavy atom. The minimum atomic E-state index is -0.556. The summed E-state index contributed by atoms with van der Waals surface area (Å²) in [5.74, 6) is -0.0600. The monoisotopic (exact) mass is 322 g/mol. The first-order valence-corrected chi connectivity index (χ1v) is 8.16. The van der Waals surface area contributed by atoms with Crippen molar-refractivity contribution in [3.05, 3.63) is 35.6 Å². The van der Waals surface area contributed by atoms with Gasteiger partial charge in [0.15, 0.2) is 0 Å². The van der Waals surface area contributed by atoms with Gasteiger partial charge in [-0.3, -0.25) is 9.59 Å². The molecular formula is C18H27FN2O2. The van der Waals surface area contributed by atoms with E-state index in [1.54, 1.807) is 26.0 Å². The summed E-state index contributed by atoms with van der Waals surface area (Å²) in [6.45, 7) is 8.58. The Bertz CT molecular complexity index is 514. The van der Waals surface area contributed by atoms with E-state index in [2.05, 4.69) is 19.2 Å². The topological polar surface area (TPSA) is 49.4 Å². The van der Waals surface area contributed by atoms with Gasteiger partial charge in [-0.15, -0.1) is 0 Å². The van der Waals surface area contributed by atoms with Gasteiger partial charge in [-0.25, -0.2) is 4.39 Å². The molecule has 0 radical (unpaired) electrons. The van der Waals surface area contributed by atoms with Crippen LogP contribution in [-0.2, 0) is 16.1 Å². The lowest BCUT2D eigenvalue weighted by atomic mass is 10.1. The zero-order chi connectivity index (χ0) is 17.4. The molecule has 1 aromatic rings. The highest BCUT2D eigenvalue weighted by Gasteiger charge is 2.24. The summed E-state index contributed by atoms with van der Waals surface area (Å²) in [7, 11) is 0. The van der Waals surface area contributed by atoms with Crippen LogP contribution in [0.1, 0.15) is 46.1 Å². The maximum Gasteiger partial charge on any atom is 0.242 e. The van der Waals surface area contributed by atoms with Crippen molar-refractivity contribution in [2.45, 2.75) is 53.1 Å². The third kappa shape index (κ3) is 6.38. The van der Waals surface area contributed by atoms with E-state index in [1.807, 2.05) is 0 Å². The molecule has 4 nitrogen and oxygen atoms in total. The van der Waals surface area contributed by atoms with Gasteiger partial charge in [0.25, 0.3) is 0 Å². The van der Waals surface area contributed by atoms with Gasteiger partial charge in [-0.1, -0.05) is 32.9 Å². The van der Waals surface area contributed by atoms with Crippen molar-refractivity contribution in [1.82, 2.24) is 10.2 Å². The minimum Gasteiger partial charge on any atom is -0.354 e. The molecule has 1 aromatic carbocycles. The van der Waals surface area contributed by atoms with Crippen LogP contribution in [0.2, 0.25) is 0 Å². The van der Waals surface area contributed by atoms with Gasteiger partial charge in [0, 0.05) is 19.5 Å². The van der Waals surface area contributed by atoms with E-state index < -0.39 is 6.04 Å². The average molecular weight is 322 g/mol. The van der Waals surface area contributed by atoms with Crippen molar-refractivity contribution in [1.29, 1.82) is 0 Å². The lowest BCUT2D eigenvalue weighted by Crippen LogP contribution is -2.47. The summed E-state index contributed by atoms with van der Waals surface area (Å²) in [5, 5.41) is 2.88. The van der Waals surface area contributed by atoms with E-state index >= 15 is 0 Å². The molecule has 0 unspecified atom stereocenters. The number of carbonyl (C=O) groups excluding carboxylic acids is 2. The highest BCUT2D eigenvalue weighted by Crippen LogP contribution is 2.12. The molecule has 128 valence electrons. The smallest absolute Gasteiger partial charge is 0.242 e. The normalized spacial score (nSPS) is 12.1. The number of nitrogens with zero attached hydrogens (tertiary/aromatic N) is 1. The zero-order valence-electron chi connectivity index (χ0n) is 14.4. The molecule has 1 atom stereocenters. The summed E-state index contributed by atoms with van der Waals surface area (Å²) in [6.07, 6.45) is 1.23. The van der Waals surface area contributed by atoms with Crippen LogP contribution in [0.4, 0.5) is 4.39 Å². The van der Waals surface area contributed by atoms with Crippen LogP contribution in [0.5, 0.6) is 0 Å². The summed E-state index contributed by atoms with van der Waals surface area (Å²) in [4.78, 5) is 26.0. The standard InChI is InChI=1S/C18H27FN2O2/c1-5-17(22)21(12-15-6-8-16(19)9-7-15)14(4)18(23)20-11-10-13(2)3/h6-9,13-14H,5,10-12H2,1-4H3,(H,20,23)/t14-/m0/s1. The maximum absolute atomic E-state index is 13.0. The molecule has 0 aliphatic carbocycles. The SMILES string of the molecule is CCC(=O)N(Cc1ccc(F)cc1)[C@@H](C)C(=O)NCCC(C)C. The summed E-state index contributed by atoms with van der Waals surface area (Å²) in [6, 6.07) is 5.43. The van der Waals surface area contributed by atoms with Gasteiger partial charge in [-0.05, 0) is 37.0 Å². The minimum absolute atomic E-state index is 0.0964. The molecule has 0 aromatic heterocycles. The average Bonchev–Trinajstić information content (AvgIpc) is 2.52. The van der Waals surface area contributed by atoms with Gasteiger partial charge in [0.1, 0.15) is 11.9 Å². The largest absolute Gasteiger partial charge is 0.354 e. The van der Waals surface area contributed by atoms with Gasteiger partial charge in [-0.2, -0.15) is 0 Å². The number of hydrogen-bond donors (Lipinski definition) is 1. The highest BCUT2D eigenvalue weighted by atomic mass is 19.1. The van der Waals surface area contributed by atoms with Crippen molar-refractivity contribution in [3.8, 4) is 0 Å². The van der Waals surface area contributed by atoms with Crippen LogP contribution in [0.25, 0.3) is 0 Å². The second kappa shape index (κ2) is 9.28. The zero-order valence-corrected chi connectivity index (χ0v) is 14.4. The van der Waals surface area contributed by atoms with Crippen LogP contribution in [-0.4, -0.2) is 29.3 Å². The maximum atomic E-state index is 13.0. The number of hydrogen-bond acceptors (Lipinski definition) is 2. The molecule has 23 heavy (non-hydrogen) atoms. The van der Waals surface area contributed by atoms with Gasteiger partial charge >= 0.3 is 0 Å². The number of benzene rings is 1. The highest BCUT2D eigenvalue weighted by molar-refractivity contribution is 5.87. The first-order valence-electron chi connectivity index (χ1n) is 8.16. The third-order valence-electron chi connectivity index (χ3n) is 3.76. The fraction of sp³-hybridized carbons (Fsp3) is 0.556. The van der Waals surface area contributed by atoms with Gasteiger partial charge < -0.3 is 10.2 Å². The molecule has 0 aliphatic heterocycles. The third-order valence-corrected chi connectivity index (χ3v) is 3.76. The molecule has 0 saturated carbocycles. The lowest BCUT2D eigenvalue weighted by molar-refractivity contribution is -0.140. The van der Waals surface area contributed by atoms with E-state index in [0.29, 0.717) is 25.4 Å². The summed E-state index contributed by atoms with van der Waals surface area (Å²) >= 11 is 0. The fourth-order valence-corrected chi connectivity index (χ4v) is 2.20. The van der Waals surface area contributed by atoms with Crippen molar-refractivity contribution >= 4 is 11.8 Å². The second-order valence-corrected chi connectivity index (χ2v) is 6.15. The molecule has 0 spiro atoms. The Hall–Kier alpha value is -1.91. The molecule has 5 heteroatoms. The van der Waals surface area contributed by atoms with Gasteiger partial charge in [0.2, 0.25) is 11.8 Å². The van der Waals surface area contributed by atoms with Crippen molar-refractivity contribution in [2.75, 3.05) is 6.54 Å². The summed E-state index contributed by atoms with van der Waals surface area (Å²) in [5.41, 5.74) is 0.801. The number of carbonyl (C=O) groups is 2.